The molecule has 2 aliphatic rings. The molecule has 2 fully saturated rings. The molecule has 41 heavy (non-hydrogen) atoms. The number of anilines is 1. The summed E-state index contributed by atoms with van der Waals surface area (Å²) in [6.07, 6.45) is 0.958. The summed E-state index contributed by atoms with van der Waals surface area (Å²) in [5.41, 5.74) is 0.832. The van der Waals surface area contributed by atoms with E-state index < -0.39 is 43.4 Å². The second kappa shape index (κ2) is 11.6. The summed E-state index contributed by atoms with van der Waals surface area (Å²) in [7, 11) is -4.48. The Morgan fingerprint density at radius 2 is 1.90 bits per heavy atom. The maximum absolute atomic E-state index is 14.0. The van der Waals surface area contributed by atoms with Gasteiger partial charge in [-0.15, -0.1) is 10.2 Å². The van der Waals surface area contributed by atoms with Crippen LogP contribution >= 0.6 is 11.6 Å². The highest BCUT2D eigenvalue weighted by Gasteiger charge is 2.40. The topological polar surface area (TPSA) is 113 Å². The van der Waals surface area contributed by atoms with Crippen molar-refractivity contribution in [2.75, 3.05) is 36.7 Å². The van der Waals surface area contributed by atoms with Gasteiger partial charge in [0.05, 0.1) is 33.8 Å². The second-order valence-electron chi connectivity index (χ2n) is 10.5. The van der Waals surface area contributed by atoms with Crippen LogP contribution in [-0.4, -0.2) is 87.9 Å². The van der Waals surface area contributed by atoms with Gasteiger partial charge in [-0.3, -0.25) is 22.7 Å². The van der Waals surface area contributed by atoms with Crippen LogP contribution in [0.4, 0.5) is 18.9 Å². The molecule has 222 valence electrons. The number of rotatable bonds is 9. The number of aromatic nitrogens is 3. The van der Waals surface area contributed by atoms with Gasteiger partial charge in [-0.2, -0.15) is 8.78 Å². The molecule has 5 rings (SSSR count). The Kier molecular flexibility index (Phi) is 8.50. The molecule has 4 heterocycles. The third kappa shape index (κ3) is 6.46. The average Bonchev–Trinajstić information content (AvgIpc) is 3.39. The molecule has 1 aromatic carbocycles. The van der Waals surface area contributed by atoms with Gasteiger partial charge in [-0.1, -0.05) is 21.6 Å². The van der Waals surface area contributed by atoms with Crippen molar-refractivity contribution in [2.24, 2.45) is 0 Å². The van der Waals surface area contributed by atoms with Crippen LogP contribution in [0.15, 0.2) is 40.9 Å². The first kappa shape index (κ1) is 29.9. The smallest absolute Gasteiger partial charge is 0.314 e. The van der Waals surface area contributed by atoms with Crippen LogP contribution in [0.25, 0.3) is 11.5 Å². The number of alkyl halides is 2. The minimum absolute atomic E-state index is 0.142. The van der Waals surface area contributed by atoms with Gasteiger partial charge < -0.3 is 4.42 Å². The molecule has 0 unspecified atom stereocenters. The lowest BCUT2D eigenvalue weighted by molar-refractivity contribution is 0.0750. The molecule has 0 spiro atoms. The number of benzene rings is 1. The molecule has 0 radical (unpaired) electrons. The summed E-state index contributed by atoms with van der Waals surface area (Å²) in [5, 5.41) is 5.99. The lowest BCUT2D eigenvalue weighted by atomic mass is 10.0. The Morgan fingerprint density at radius 1 is 1.20 bits per heavy atom. The minimum Gasteiger partial charge on any atom is -0.415 e. The third-order valence-corrected chi connectivity index (χ3v) is 11.7. The van der Waals surface area contributed by atoms with Gasteiger partial charge in [-0.25, -0.2) is 12.8 Å². The van der Waals surface area contributed by atoms with E-state index in [9.17, 15) is 25.8 Å². The number of likely N-dealkylation sites (tertiary alicyclic amines) is 1. The maximum atomic E-state index is 14.0. The molecule has 2 aliphatic heterocycles. The van der Waals surface area contributed by atoms with E-state index in [-0.39, 0.29) is 34.8 Å². The highest BCUT2D eigenvalue weighted by molar-refractivity contribution is 8.19. The molecule has 0 saturated carbocycles. The fraction of sp³-hybridized carbons (Fsp3) is 0.458. The zero-order valence-corrected chi connectivity index (χ0v) is 24.8. The van der Waals surface area contributed by atoms with Crippen molar-refractivity contribution in [3.8, 4) is 11.5 Å². The minimum atomic E-state index is -3.94. The summed E-state index contributed by atoms with van der Waals surface area (Å²) in [4.78, 5) is 6.53. The quantitative estimate of drug-likeness (QED) is 0.283. The van der Waals surface area contributed by atoms with Crippen LogP contribution in [-0.2, 0) is 26.5 Å². The highest BCUT2D eigenvalue weighted by atomic mass is 35.5. The summed E-state index contributed by atoms with van der Waals surface area (Å²) >= 11 is 6.01. The van der Waals surface area contributed by atoms with Crippen molar-refractivity contribution >= 4 is 44.4 Å². The van der Waals surface area contributed by atoms with Gasteiger partial charge in [0, 0.05) is 25.3 Å². The van der Waals surface area contributed by atoms with Gasteiger partial charge in [0.2, 0.25) is 23.0 Å². The number of hydrogen-bond acceptors (Lipinski definition) is 8. The van der Waals surface area contributed by atoms with Crippen molar-refractivity contribution in [1.29, 1.82) is 0 Å². The van der Waals surface area contributed by atoms with E-state index >= 15 is 0 Å². The Balaban J connectivity index is 1.33. The van der Waals surface area contributed by atoms with E-state index in [1.165, 1.54) is 34.8 Å². The zero-order chi connectivity index (χ0) is 29.5. The number of pyridine rings is 1. The van der Waals surface area contributed by atoms with Crippen LogP contribution in [0.2, 0.25) is 5.02 Å². The molecule has 0 amide bonds. The van der Waals surface area contributed by atoms with Gasteiger partial charge in [0.25, 0.3) is 5.89 Å². The van der Waals surface area contributed by atoms with E-state index in [0.717, 1.165) is 6.07 Å². The van der Waals surface area contributed by atoms with Gasteiger partial charge >= 0.3 is 6.43 Å². The normalized spacial score (nSPS) is 18.5. The van der Waals surface area contributed by atoms with Crippen molar-refractivity contribution in [2.45, 2.75) is 37.1 Å². The fourth-order valence-corrected chi connectivity index (χ4v) is 8.20. The van der Waals surface area contributed by atoms with Gasteiger partial charge in [0.1, 0.15) is 5.82 Å². The first-order chi connectivity index (χ1) is 19.3. The van der Waals surface area contributed by atoms with Crippen LogP contribution in [0.3, 0.4) is 0 Å². The maximum Gasteiger partial charge on any atom is 0.314 e. The monoisotopic (exact) mass is 632 g/mol. The van der Waals surface area contributed by atoms with Gasteiger partial charge in [0.15, 0.2) is 0 Å². The Hall–Kier alpha value is -2.53. The predicted octanol–water partition coefficient (Wildman–Crippen LogP) is 2.46. The molecule has 3 aromatic rings. The molecular weight excluding hydrogens is 604 g/mol. The summed E-state index contributed by atoms with van der Waals surface area (Å²) in [5.74, 6) is -1.63. The molecule has 17 heteroatoms. The van der Waals surface area contributed by atoms with Crippen LogP contribution in [0.5, 0.6) is 0 Å². The van der Waals surface area contributed by atoms with Crippen molar-refractivity contribution < 1.29 is 30.2 Å². The number of nitrogens with zero attached hydrogens (tertiary/aromatic N) is 6. The second-order valence-corrected chi connectivity index (χ2v) is 16.2. The fourth-order valence-electron chi connectivity index (χ4n) is 4.98. The van der Waals surface area contributed by atoms with Crippen molar-refractivity contribution in [1.82, 2.24) is 24.4 Å². The Labute approximate surface area is 242 Å². The van der Waals surface area contributed by atoms with E-state index in [2.05, 4.69) is 20.1 Å². The Bertz CT molecular complexity index is 1540. The average molecular weight is 633 g/mol. The summed E-state index contributed by atoms with van der Waals surface area (Å²) in [6, 6.07) is 7.01. The third-order valence-electron chi connectivity index (χ3n) is 7.44. The molecule has 0 atom stereocenters. The number of hydrogen-bond donors (Lipinski definition) is 1. The molecule has 0 aliphatic carbocycles. The van der Waals surface area contributed by atoms with Crippen LogP contribution in [0, 0.1) is 5.82 Å². The standard InChI is InChI=1S/C24H29BClF3N6O4S2/c1-40(25,36)34-13-18(14-34)33-8-6-19(7-9-33)41(37,38)35(17-4-5-21(27)20(26)10-17)12-16-3-2-15(11-30-16)23-31-32-24(39-23)22(28)29/h2-5,10-11,18-19,22,40H,6-9,12-14,25H2,1H3. The largest absolute Gasteiger partial charge is 0.415 e. The predicted molar refractivity (Wildman–Crippen MR) is 153 cm³/mol. The van der Waals surface area contributed by atoms with Gasteiger partial charge in [-0.05, 0) is 62.5 Å². The number of piperidine rings is 1. The molecule has 2 saturated heterocycles. The molecule has 0 N–H and O–H groups in total. The molecule has 2 aromatic heterocycles. The van der Waals surface area contributed by atoms with Crippen LogP contribution in [0.1, 0.15) is 30.9 Å². The lowest BCUT2D eigenvalue weighted by Gasteiger charge is -2.50. The van der Waals surface area contributed by atoms with Crippen molar-refractivity contribution in [3.05, 3.63) is 59.0 Å². The SMILES string of the molecule is B[SH](C)(=O)N1CC(N2CCC(S(=O)(=O)N(Cc3ccc(-c4nnc(C(F)F)o4)cn3)c3ccc(F)c(Cl)c3)CC2)C1. The number of halogens is 4. The first-order valence-electron chi connectivity index (χ1n) is 12.9. The number of thiol groups is 1. The lowest BCUT2D eigenvalue weighted by Crippen LogP contribution is -2.64. The van der Waals surface area contributed by atoms with E-state index in [1.807, 2.05) is 4.31 Å². The Morgan fingerprint density at radius 3 is 2.46 bits per heavy atom. The molecule has 0 bridgehead atoms. The summed E-state index contributed by atoms with van der Waals surface area (Å²) < 4.78 is 87.9. The highest BCUT2D eigenvalue weighted by Crippen LogP contribution is 2.32. The van der Waals surface area contributed by atoms with E-state index in [4.69, 9.17) is 16.0 Å². The first-order valence-corrected chi connectivity index (χ1v) is 17.3. The molecule has 10 nitrogen and oxygen atoms in total. The molecular formula is C24H29BClF3N6O4S2. The van der Waals surface area contributed by atoms with Crippen molar-refractivity contribution in [3.63, 3.8) is 0 Å². The van der Waals surface area contributed by atoms with Crippen LogP contribution < -0.4 is 4.31 Å². The zero-order valence-electron chi connectivity index (χ0n) is 22.3. The summed E-state index contributed by atoms with van der Waals surface area (Å²) in [6.45, 7) is 2.40. The van der Waals surface area contributed by atoms with E-state index in [1.54, 1.807) is 13.4 Å². The number of sulfonamides is 1. The van der Waals surface area contributed by atoms with E-state index in [0.29, 0.717) is 44.7 Å².